The van der Waals surface area contributed by atoms with E-state index in [1.807, 2.05) is 0 Å². The molecule has 1 aliphatic heterocycles. The van der Waals surface area contributed by atoms with E-state index in [9.17, 15) is 14.7 Å². The van der Waals surface area contributed by atoms with Crippen molar-refractivity contribution in [3.05, 3.63) is 34.3 Å². The zero-order chi connectivity index (χ0) is 15.4. The summed E-state index contributed by atoms with van der Waals surface area (Å²) in [5, 5.41) is 12.4. The maximum Gasteiger partial charge on any atom is 0.326 e. The lowest BCUT2D eigenvalue weighted by Crippen LogP contribution is -2.48. The summed E-state index contributed by atoms with van der Waals surface area (Å²) in [5.41, 5.74) is 1.03. The molecule has 1 saturated heterocycles. The van der Waals surface area contributed by atoms with Crippen LogP contribution in [0.3, 0.4) is 0 Å². The summed E-state index contributed by atoms with van der Waals surface area (Å²) in [7, 11) is 0. The van der Waals surface area contributed by atoms with Crippen LogP contribution in [0.5, 0.6) is 0 Å². The maximum atomic E-state index is 12.3. The van der Waals surface area contributed by atoms with Crippen molar-refractivity contribution in [1.82, 2.24) is 5.32 Å². The molecule has 0 aromatic heterocycles. The fourth-order valence-electron chi connectivity index (χ4n) is 2.48. The highest BCUT2D eigenvalue weighted by Crippen LogP contribution is 2.21. The third-order valence-electron chi connectivity index (χ3n) is 3.73. The number of carboxylic acid groups (broad SMARTS) is 1. The van der Waals surface area contributed by atoms with Crippen molar-refractivity contribution in [1.29, 1.82) is 0 Å². The van der Waals surface area contributed by atoms with Crippen LogP contribution in [-0.2, 0) is 9.53 Å². The van der Waals surface area contributed by atoms with Crippen LogP contribution in [0.1, 0.15) is 28.8 Å². The number of halogens is 1. The summed E-state index contributed by atoms with van der Waals surface area (Å²) in [6.45, 7) is 2.73. The lowest BCUT2D eigenvalue weighted by atomic mass is 9.93. The van der Waals surface area contributed by atoms with Crippen molar-refractivity contribution in [3.63, 3.8) is 0 Å². The van der Waals surface area contributed by atoms with Gasteiger partial charge in [0.25, 0.3) is 5.91 Å². The third-order valence-corrected chi connectivity index (χ3v) is 4.14. The zero-order valence-electron chi connectivity index (χ0n) is 11.8. The van der Waals surface area contributed by atoms with E-state index in [1.165, 1.54) is 0 Å². The first-order chi connectivity index (χ1) is 10.0. The van der Waals surface area contributed by atoms with Crippen molar-refractivity contribution in [2.45, 2.75) is 25.8 Å². The molecule has 0 bridgehead atoms. The lowest BCUT2D eigenvalue weighted by molar-refractivity contribution is -0.142. The number of carboxylic acids is 1. The van der Waals surface area contributed by atoms with Gasteiger partial charge in [0.15, 0.2) is 0 Å². The number of nitrogens with one attached hydrogen (secondary N) is 1. The Kier molecular flexibility index (Phi) is 5.20. The van der Waals surface area contributed by atoms with Crippen LogP contribution >= 0.6 is 11.6 Å². The quantitative estimate of drug-likeness (QED) is 0.894. The number of hydrogen-bond acceptors (Lipinski definition) is 3. The highest BCUT2D eigenvalue weighted by Gasteiger charge is 2.31. The second-order valence-corrected chi connectivity index (χ2v) is 5.59. The number of aliphatic carboxylic acids is 1. The van der Waals surface area contributed by atoms with Crippen molar-refractivity contribution in [2.24, 2.45) is 5.92 Å². The number of carbonyl (C=O) groups is 2. The number of hydrogen-bond donors (Lipinski definition) is 2. The second kappa shape index (κ2) is 6.91. The topological polar surface area (TPSA) is 75.6 Å². The highest BCUT2D eigenvalue weighted by molar-refractivity contribution is 6.31. The summed E-state index contributed by atoms with van der Waals surface area (Å²) < 4.78 is 5.31. The van der Waals surface area contributed by atoms with E-state index in [1.54, 1.807) is 25.1 Å². The predicted octanol–water partition coefficient (Wildman–Crippen LogP) is 2.26. The standard InChI is InChI=1S/C15H18ClNO4/c1-9-11(5-2-6-12(9)16)14(18)17-13(15(19)20)10-4-3-7-21-8-10/h2,5-6,10,13H,3-4,7-8H2,1H3,(H,17,18)(H,19,20). The van der Waals surface area contributed by atoms with Crippen LogP contribution in [0.25, 0.3) is 0 Å². The van der Waals surface area contributed by atoms with Gasteiger partial charge in [-0.05, 0) is 37.5 Å². The molecule has 2 atom stereocenters. The van der Waals surface area contributed by atoms with Gasteiger partial charge in [0.1, 0.15) is 6.04 Å². The molecule has 0 saturated carbocycles. The van der Waals surface area contributed by atoms with E-state index < -0.39 is 17.9 Å². The predicted molar refractivity (Wildman–Crippen MR) is 78.6 cm³/mol. The van der Waals surface area contributed by atoms with E-state index >= 15 is 0 Å². The molecule has 2 unspecified atom stereocenters. The van der Waals surface area contributed by atoms with Crippen molar-refractivity contribution in [2.75, 3.05) is 13.2 Å². The Morgan fingerprint density at radius 2 is 2.24 bits per heavy atom. The molecule has 1 amide bonds. The Bertz CT molecular complexity index is 540. The van der Waals surface area contributed by atoms with Gasteiger partial charge >= 0.3 is 5.97 Å². The van der Waals surface area contributed by atoms with Crippen molar-refractivity contribution < 1.29 is 19.4 Å². The van der Waals surface area contributed by atoms with Crippen LogP contribution in [0.2, 0.25) is 5.02 Å². The van der Waals surface area contributed by atoms with Crippen LogP contribution < -0.4 is 5.32 Å². The van der Waals surface area contributed by atoms with Gasteiger partial charge in [-0.2, -0.15) is 0 Å². The van der Waals surface area contributed by atoms with Gasteiger partial charge in [-0.1, -0.05) is 17.7 Å². The number of amides is 1. The normalized spacial score (nSPS) is 19.8. The van der Waals surface area contributed by atoms with E-state index in [0.717, 1.165) is 12.8 Å². The molecule has 2 N–H and O–H groups in total. The monoisotopic (exact) mass is 311 g/mol. The number of rotatable bonds is 4. The minimum absolute atomic E-state index is 0.209. The van der Waals surface area contributed by atoms with Crippen LogP contribution in [-0.4, -0.2) is 36.2 Å². The summed E-state index contributed by atoms with van der Waals surface area (Å²) in [6, 6.07) is 4.05. The smallest absolute Gasteiger partial charge is 0.326 e. The minimum Gasteiger partial charge on any atom is -0.480 e. The van der Waals surface area contributed by atoms with Crippen molar-refractivity contribution >= 4 is 23.5 Å². The molecule has 21 heavy (non-hydrogen) atoms. The van der Waals surface area contributed by atoms with Gasteiger partial charge in [-0.15, -0.1) is 0 Å². The summed E-state index contributed by atoms with van der Waals surface area (Å²) in [5.74, 6) is -1.67. The highest BCUT2D eigenvalue weighted by atomic mass is 35.5. The fourth-order valence-corrected chi connectivity index (χ4v) is 2.66. The van der Waals surface area contributed by atoms with Crippen LogP contribution in [0, 0.1) is 12.8 Å². The second-order valence-electron chi connectivity index (χ2n) is 5.18. The third kappa shape index (κ3) is 3.74. The van der Waals surface area contributed by atoms with Gasteiger partial charge in [0, 0.05) is 23.1 Å². The van der Waals surface area contributed by atoms with Gasteiger partial charge in [-0.3, -0.25) is 4.79 Å². The molecule has 0 radical (unpaired) electrons. The van der Waals surface area contributed by atoms with E-state index in [-0.39, 0.29) is 5.92 Å². The van der Waals surface area contributed by atoms with Crippen molar-refractivity contribution in [3.8, 4) is 0 Å². The number of carbonyl (C=O) groups excluding carboxylic acids is 1. The first-order valence-electron chi connectivity index (χ1n) is 6.87. The first-order valence-corrected chi connectivity index (χ1v) is 7.25. The molecule has 1 heterocycles. The van der Waals surface area contributed by atoms with Gasteiger partial charge in [0.05, 0.1) is 6.61 Å². The molecular weight excluding hydrogens is 294 g/mol. The van der Waals surface area contributed by atoms with E-state index in [0.29, 0.717) is 29.4 Å². The Hall–Kier alpha value is -1.59. The first kappa shape index (κ1) is 15.8. The van der Waals surface area contributed by atoms with Crippen LogP contribution in [0.4, 0.5) is 0 Å². The average molecular weight is 312 g/mol. The lowest BCUT2D eigenvalue weighted by Gasteiger charge is -2.28. The number of benzene rings is 1. The largest absolute Gasteiger partial charge is 0.480 e. The molecule has 114 valence electrons. The number of ether oxygens (including phenoxy) is 1. The molecule has 1 aromatic carbocycles. The summed E-state index contributed by atoms with van der Waals surface area (Å²) in [4.78, 5) is 23.7. The molecule has 1 aliphatic rings. The van der Waals surface area contributed by atoms with E-state index in [2.05, 4.69) is 5.32 Å². The molecule has 0 spiro atoms. The summed E-state index contributed by atoms with van der Waals surface area (Å²) in [6.07, 6.45) is 1.53. The molecular formula is C15H18ClNO4. The molecule has 1 aromatic rings. The average Bonchev–Trinajstić information content (AvgIpc) is 2.48. The Morgan fingerprint density at radius 1 is 1.48 bits per heavy atom. The Morgan fingerprint density at radius 3 is 2.86 bits per heavy atom. The van der Waals surface area contributed by atoms with Crippen LogP contribution in [0.15, 0.2) is 18.2 Å². The van der Waals surface area contributed by atoms with Gasteiger partial charge in [-0.25, -0.2) is 4.79 Å². The maximum absolute atomic E-state index is 12.3. The molecule has 6 heteroatoms. The minimum atomic E-state index is -1.04. The molecule has 2 rings (SSSR count). The van der Waals surface area contributed by atoms with E-state index in [4.69, 9.17) is 16.3 Å². The van der Waals surface area contributed by atoms with Gasteiger partial charge < -0.3 is 15.2 Å². The zero-order valence-corrected chi connectivity index (χ0v) is 12.5. The molecule has 5 nitrogen and oxygen atoms in total. The summed E-state index contributed by atoms with van der Waals surface area (Å²) >= 11 is 5.99. The molecule has 0 aliphatic carbocycles. The fraction of sp³-hybridized carbons (Fsp3) is 0.467. The Balaban J connectivity index is 2.14. The van der Waals surface area contributed by atoms with Gasteiger partial charge in [0.2, 0.25) is 0 Å². The Labute approximate surface area is 128 Å². The SMILES string of the molecule is Cc1c(Cl)cccc1C(=O)NC(C(=O)O)C1CCCOC1. The molecule has 1 fully saturated rings.